The van der Waals surface area contributed by atoms with E-state index in [9.17, 15) is 4.79 Å². The number of carbonyl (C=O) groups excluding carboxylic acids is 1. The number of hydrogen-bond donors (Lipinski definition) is 2. The highest BCUT2D eigenvalue weighted by Gasteiger charge is 2.55. The number of benzene rings is 2. The third-order valence-electron chi connectivity index (χ3n) is 5.17. The Hall–Kier alpha value is -2.53. The highest BCUT2D eigenvalue weighted by molar-refractivity contribution is 6.07. The molecule has 0 saturated carbocycles. The first kappa shape index (κ1) is 15.0. The van der Waals surface area contributed by atoms with E-state index in [-0.39, 0.29) is 11.9 Å². The van der Waals surface area contributed by atoms with Gasteiger partial charge in [0.2, 0.25) is 5.91 Å². The van der Waals surface area contributed by atoms with Crippen molar-refractivity contribution in [2.24, 2.45) is 0 Å². The van der Waals surface area contributed by atoms with Crippen LogP contribution in [0.2, 0.25) is 0 Å². The predicted octanol–water partition coefficient (Wildman–Crippen LogP) is 2.63. The van der Waals surface area contributed by atoms with Crippen LogP contribution in [0.15, 0.2) is 42.5 Å². The molecule has 24 heavy (non-hydrogen) atoms. The Morgan fingerprint density at radius 2 is 1.96 bits per heavy atom. The molecule has 0 bridgehead atoms. The van der Waals surface area contributed by atoms with Crippen molar-refractivity contribution in [2.75, 3.05) is 26.1 Å². The molecule has 2 heterocycles. The maximum atomic E-state index is 13.0. The quantitative estimate of drug-likeness (QED) is 0.911. The SMILES string of the molecule is COc1ccc(OC)c([C@H]2NCC[C@]23C(=O)Nc2ccccc23)c1. The minimum absolute atomic E-state index is 0.0450. The molecule has 2 aromatic carbocycles. The van der Waals surface area contributed by atoms with E-state index in [1.165, 1.54) is 0 Å². The van der Waals surface area contributed by atoms with Crippen LogP contribution in [0.25, 0.3) is 0 Å². The largest absolute Gasteiger partial charge is 0.497 e. The molecule has 0 aliphatic carbocycles. The van der Waals surface area contributed by atoms with Crippen LogP contribution in [-0.2, 0) is 10.2 Å². The number of anilines is 1. The van der Waals surface area contributed by atoms with Gasteiger partial charge in [0.1, 0.15) is 11.5 Å². The number of ether oxygens (including phenoxy) is 2. The number of rotatable bonds is 3. The first-order valence-electron chi connectivity index (χ1n) is 8.07. The highest BCUT2D eigenvalue weighted by Crippen LogP contribution is 2.52. The number of methoxy groups -OCH3 is 2. The van der Waals surface area contributed by atoms with E-state index < -0.39 is 5.41 Å². The van der Waals surface area contributed by atoms with Crippen LogP contribution in [0.4, 0.5) is 5.69 Å². The van der Waals surface area contributed by atoms with E-state index in [2.05, 4.69) is 10.6 Å². The molecule has 5 heteroatoms. The van der Waals surface area contributed by atoms with E-state index in [0.29, 0.717) is 0 Å². The Morgan fingerprint density at radius 3 is 2.75 bits per heavy atom. The van der Waals surface area contributed by atoms with Crippen molar-refractivity contribution >= 4 is 11.6 Å². The molecule has 4 rings (SSSR count). The number of nitrogens with one attached hydrogen (secondary N) is 2. The van der Waals surface area contributed by atoms with Crippen molar-refractivity contribution in [3.8, 4) is 11.5 Å². The van der Waals surface area contributed by atoms with E-state index in [0.717, 1.165) is 41.3 Å². The Morgan fingerprint density at radius 1 is 1.12 bits per heavy atom. The van der Waals surface area contributed by atoms with Gasteiger partial charge in [-0.25, -0.2) is 0 Å². The van der Waals surface area contributed by atoms with Gasteiger partial charge < -0.3 is 20.1 Å². The van der Waals surface area contributed by atoms with Crippen LogP contribution >= 0.6 is 0 Å². The third-order valence-corrected chi connectivity index (χ3v) is 5.17. The fraction of sp³-hybridized carbons (Fsp3) is 0.316. The van der Waals surface area contributed by atoms with Crippen molar-refractivity contribution in [3.05, 3.63) is 53.6 Å². The van der Waals surface area contributed by atoms with E-state index >= 15 is 0 Å². The maximum absolute atomic E-state index is 13.0. The van der Waals surface area contributed by atoms with Gasteiger partial charge in [-0.05, 0) is 42.8 Å². The Balaban J connectivity index is 1.89. The Labute approximate surface area is 141 Å². The molecule has 2 atom stereocenters. The lowest BCUT2D eigenvalue weighted by Gasteiger charge is -2.30. The molecule has 0 radical (unpaired) electrons. The molecular formula is C19H20N2O3. The van der Waals surface area contributed by atoms with E-state index in [1.54, 1.807) is 14.2 Å². The third kappa shape index (κ3) is 1.94. The average molecular weight is 324 g/mol. The van der Waals surface area contributed by atoms with Crippen LogP contribution < -0.4 is 20.1 Å². The van der Waals surface area contributed by atoms with E-state index in [1.807, 2.05) is 42.5 Å². The minimum Gasteiger partial charge on any atom is -0.497 e. The average Bonchev–Trinajstić information content (AvgIpc) is 3.18. The Bertz CT molecular complexity index is 805. The van der Waals surface area contributed by atoms with Crippen LogP contribution in [0.5, 0.6) is 11.5 Å². The van der Waals surface area contributed by atoms with Crippen molar-refractivity contribution < 1.29 is 14.3 Å². The zero-order chi connectivity index (χ0) is 16.7. The lowest BCUT2D eigenvalue weighted by Crippen LogP contribution is -2.39. The lowest BCUT2D eigenvalue weighted by atomic mass is 9.72. The first-order valence-corrected chi connectivity index (χ1v) is 8.07. The predicted molar refractivity (Wildman–Crippen MR) is 91.7 cm³/mol. The fourth-order valence-electron chi connectivity index (χ4n) is 4.04. The summed E-state index contributed by atoms with van der Waals surface area (Å²) in [6, 6.07) is 13.5. The number of hydrogen-bond acceptors (Lipinski definition) is 4. The second-order valence-corrected chi connectivity index (χ2v) is 6.22. The normalized spacial score (nSPS) is 24.8. The summed E-state index contributed by atoms with van der Waals surface area (Å²) in [5.74, 6) is 1.55. The number of para-hydroxylation sites is 1. The summed E-state index contributed by atoms with van der Waals surface area (Å²) in [5, 5.41) is 6.55. The van der Waals surface area contributed by atoms with Crippen LogP contribution in [-0.4, -0.2) is 26.7 Å². The summed E-state index contributed by atoms with van der Waals surface area (Å²) in [5.41, 5.74) is 2.28. The second kappa shape index (κ2) is 5.53. The molecule has 1 fully saturated rings. The molecule has 2 aliphatic rings. The molecule has 0 unspecified atom stereocenters. The Kier molecular flexibility index (Phi) is 3.46. The summed E-state index contributed by atoms with van der Waals surface area (Å²) in [4.78, 5) is 13.0. The molecule has 1 amide bonds. The van der Waals surface area contributed by atoms with Gasteiger partial charge in [0.05, 0.1) is 25.7 Å². The summed E-state index contributed by atoms with van der Waals surface area (Å²) in [6.07, 6.45) is 0.751. The molecule has 1 saturated heterocycles. The zero-order valence-electron chi connectivity index (χ0n) is 13.8. The van der Waals surface area contributed by atoms with Crippen molar-refractivity contribution in [1.82, 2.24) is 5.32 Å². The summed E-state index contributed by atoms with van der Waals surface area (Å²) < 4.78 is 10.9. The zero-order valence-corrected chi connectivity index (χ0v) is 13.8. The molecule has 5 nitrogen and oxygen atoms in total. The van der Waals surface area contributed by atoms with E-state index in [4.69, 9.17) is 9.47 Å². The second-order valence-electron chi connectivity index (χ2n) is 6.22. The van der Waals surface area contributed by atoms with Crippen LogP contribution in [0, 0.1) is 0 Å². The van der Waals surface area contributed by atoms with Gasteiger partial charge in [0.15, 0.2) is 0 Å². The molecule has 2 N–H and O–H groups in total. The maximum Gasteiger partial charge on any atom is 0.237 e. The standard InChI is InChI=1S/C19H20N2O3/c1-23-12-7-8-16(24-2)13(11-12)17-19(9-10-20-17)14-5-3-4-6-15(14)21-18(19)22/h3-8,11,17,20H,9-10H2,1-2H3,(H,21,22)/t17-,19-/m1/s1. The summed E-state index contributed by atoms with van der Waals surface area (Å²) in [6.45, 7) is 0.771. The smallest absolute Gasteiger partial charge is 0.237 e. The van der Waals surface area contributed by atoms with Gasteiger partial charge in [0.25, 0.3) is 0 Å². The number of carbonyl (C=O) groups is 1. The summed E-state index contributed by atoms with van der Waals surface area (Å²) in [7, 11) is 3.29. The van der Waals surface area contributed by atoms with Gasteiger partial charge in [-0.3, -0.25) is 4.79 Å². The molecule has 124 valence electrons. The van der Waals surface area contributed by atoms with Crippen LogP contribution in [0.1, 0.15) is 23.6 Å². The topological polar surface area (TPSA) is 59.6 Å². The lowest BCUT2D eigenvalue weighted by molar-refractivity contribution is -0.121. The number of amides is 1. The van der Waals surface area contributed by atoms with Gasteiger partial charge >= 0.3 is 0 Å². The van der Waals surface area contributed by atoms with Gasteiger partial charge in [0, 0.05) is 11.3 Å². The molecule has 2 aliphatic heterocycles. The van der Waals surface area contributed by atoms with Gasteiger partial charge in [-0.15, -0.1) is 0 Å². The molecule has 0 aromatic heterocycles. The monoisotopic (exact) mass is 324 g/mol. The molecule has 1 spiro atoms. The van der Waals surface area contributed by atoms with Gasteiger partial charge in [-0.2, -0.15) is 0 Å². The highest BCUT2D eigenvalue weighted by atomic mass is 16.5. The summed E-state index contributed by atoms with van der Waals surface area (Å²) >= 11 is 0. The van der Waals surface area contributed by atoms with Crippen molar-refractivity contribution in [1.29, 1.82) is 0 Å². The van der Waals surface area contributed by atoms with Gasteiger partial charge in [-0.1, -0.05) is 18.2 Å². The fourth-order valence-corrected chi connectivity index (χ4v) is 4.04. The molecule has 2 aromatic rings. The van der Waals surface area contributed by atoms with Crippen molar-refractivity contribution in [3.63, 3.8) is 0 Å². The number of fused-ring (bicyclic) bond motifs is 2. The van der Waals surface area contributed by atoms with Crippen molar-refractivity contribution in [2.45, 2.75) is 17.9 Å². The minimum atomic E-state index is -0.615. The first-order chi connectivity index (χ1) is 11.7. The molecular weight excluding hydrogens is 304 g/mol. The van der Waals surface area contributed by atoms with Crippen LogP contribution in [0.3, 0.4) is 0 Å².